The summed E-state index contributed by atoms with van der Waals surface area (Å²) in [6, 6.07) is 7.24. The number of carbonyl (C=O) groups is 2. The molecule has 1 amide bonds. The average Bonchev–Trinajstić information content (AvgIpc) is 2.92. The summed E-state index contributed by atoms with van der Waals surface area (Å²) in [5, 5.41) is 8.88. The van der Waals surface area contributed by atoms with Gasteiger partial charge in [-0.25, -0.2) is 0 Å². The van der Waals surface area contributed by atoms with Gasteiger partial charge in [-0.3, -0.25) is 14.5 Å². The number of hydrogen-bond donors (Lipinski definition) is 1. The maximum atomic E-state index is 12.7. The maximum absolute atomic E-state index is 12.7. The van der Waals surface area contributed by atoms with Gasteiger partial charge in [0, 0.05) is 11.5 Å². The highest BCUT2D eigenvalue weighted by molar-refractivity contribution is 9.10. The van der Waals surface area contributed by atoms with Crippen LogP contribution in [0.25, 0.3) is 0 Å². The molecule has 1 fully saturated rings. The molecular weight excluding hydrogens is 336 g/mol. The smallest absolute Gasteiger partial charge is 0.323 e. The van der Waals surface area contributed by atoms with Crippen molar-refractivity contribution >= 4 is 27.8 Å². The Morgan fingerprint density at radius 3 is 2.62 bits per heavy atom. The monoisotopic (exact) mass is 354 g/mol. The van der Waals surface area contributed by atoms with E-state index in [9.17, 15) is 9.59 Å². The zero-order valence-electron chi connectivity index (χ0n) is 12.0. The van der Waals surface area contributed by atoms with Crippen LogP contribution in [0.3, 0.4) is 0 Å². The minimum Gasteiger partial charge on any atom is -0.480 e. The average molecular weight is 355 g/mol. The Labute approximate surface area is 132 Å². The molecule has 1 N–H and O–H groups in total. The Kier molecular flexibility index (Phi) is 5.36. The second kappa shape index (κ2) is 7.04. The highest BCUT2D eigenvalue weighted by atomic mass is 79.9. The second-order valence-electron chi connectivity index (χ2n) is 5.29. The molecule has 21 heavy (non-hydrogen) atoms. The van der Waals surface area contributed by atoms with Gasteiger partial charge in [0.25, 0.3) is 0 Å². The predicted molar refractivity (Wildman–Crippen MR) is 83.0 cm³/mol. The number of nitrogens with zero attached hydrogens (tertiary/aromatic N) is 2. The first kappa shape index (κ1) is 16.0. The van der Waals surface area contributed by atoms with Crippen LogP contribution >= 0.6 is 15.9 Å². The molecule has 114 valence electrons. The minimum atomic E-state index is -1.000. The molecule has 2 rings (SSSR count). The van der Waals surface area contributed by atoms with Crippen LogP contribution in [0.2, 0.25) is 0 Å². The third kappa shape index (κ3) is 4.04. The summed E-state index contributed by atoms with van der Waals surface area (Å²) in [5.74, 6) is -1.17. The fourth-order valence-electron chi connectivity index (χ4n) is 2.68. The van der Waals surface area contributed by atoms with Gasteiger partial charge in [-0.05, 0) is 43.6 Å². The number of halogens is 1. The largest absolute Gasteiger partial charge is 0.480 e. The first-order valence-electron chi connectivity index (χ1n) is 6.95. The van der Waals surface area contributed by atoms with Crippen LogP contribution in [0.5, 0.6) is 0 Å². The Balaban J connectivity index is 2.27. The Hall–Kier alpha value is -1.40. The molecule has 0 unspecified atom stereocenters. The Morgan fingerprint density at radius 2 is 2.05 bits per heavy atom. The summed E-state index contributed by atoms with van der Waals surface area (Å²) in [6.45, 7) is 1.45. The quantitative estimate of drug-likeness (QED) is 0.879. The van der Waals surface area contributed by atoms with Gasteiger partial charge in [0.15, 0.2) is 0 Å². The van der Waals surface area contributed by atoms with Crippen molar-refractivity contribution in [2.45, 2.75) is 18.9 Å². The Morgan fingerprint density at radius 1 is 1.38 bits per heavy atom. The molecule has 1 aromatic carbocycles. The van der Waals surface area contributed by atoms with Crippen LogP contribution in [-0.4, -0.2) is 53.5 Å². The fraction of sp³-hybridized carbons (Fsp3) is 0.467. The van der Waals surface area contributed by atoms with Crippen molar-refractivity contribution in [1.82, 2.24) is 9.80 Å². The summed E-state index contributed by atoms with van der Waals surface area (Å²) in [6.07, 6.45) is 2.14. The van der Waals surface area contributed by atoms with E-state index >= 15 is 0 Å². The Bertz CT molecular complexity index is 529. The van der Waals surface area contributed by atoms with Gasteiger partial charge in [0.1, 0.15) is 12.6 Å². The lowest BCUT2D eigenvalue weighted by Crippen LogP contribution is -2.42. The van der Waals surface area contributed by atoms with E-state index in [1.807, 2.05) is 24.3 Å². The first-order chi connectivity index (χ1) is 9.99. The van der Waals surface area contributed by atoms with Crippen molar-refractivity contribution in [1.29, 1.82) is 0 Å². The summed E-state index contributed by atoms with van der Waals surface area (Å²) < 4.78 is 0.915. The zero-order chi connectivity index (χ0) is 15.4. The number of hydrogen-bond acceptors (Lipinski definition) is 3. The van der Waals surface area contributed by atoms with Crippen LogP contribution in [0.15, 0.2) is 28.7 Å². The normalized spacial score (nSPS) is 16.7. The standard InChI is InChI=1S/C15H19BrN2O3/c1-17(10-13(19)20)15(21)14(18-7-2-3-8-18)11-5-4-6-12(16)9-11/h4-6,9,14H,2-3,7-8,10H2,1H3,(H,19,20)/t14-/m0/s1. The van der Waals surface area contributed by atoms with Crippen molar-refractivity contribution in [3.8, 4) is 0 Å². The van der Waals surface area contributed by atoms with E-state index in [2.05, 4.69) is 20.8 Å². The van der Waals surface area contributed by atoms with Gasteiger partial charge in [-0.1, -0.05) is 28.1 Å². The third-order valence-electron chi connectivity index (χ3n) is 3.65. The number of rotatable bonds is 5. The molecule has 1 aliphatic rings. The number of carbonyl (C=O) groups excluding carboxylic acids is 1. The molecule has 1 heterocycles. The van der Waals surface area contributed by atoms with Crippen molar-refractivity contribution in [3.63, 3.8) is 0 Å². The van der Waals surface area contributed by atoms with Gasteiger partial charge in [0.2, 0.25) is 5.91 Å². The number of carboxylic acid groups (broad SMARTS) is 1. The van der Waals surface area contributed by atoms with Gasteiger partial charge >= 0.3 is 5.97 Å². The molecule has 1 aromatic rings. The highest BCUT2D eigenvalue weighted by Crippen LogP contribution is 2.28. The summed E-state index contributed by atoms with van der Waals surface area (Å²) >= 11 is 3.43. The lowest BCUT2D eigenvalue weighted by atomic mass is 10.0. The second-order valence-corrected chi connectivity index (χ2v) is 6.20. The molecule has 1 saturated heterocycles. The number of carboxylic acids is 1. The molecule has 5 nitrogen and oxygen atoms in total. The lowest BCUT2D eigenvalue weighted by Gasteiger charge is -2.30. The predicted octanol–water partition coefficient (Wildman–Crippen LogP) is 2.13. The van der Waals surface area contributed by atoms with Gasteiger partial charge in [-0.2, -0.15) is 0 Å². The molecule has 1 aliphatic heterocycles. The summed E-state index contributed by atoms with van der Waals surface area (Å²) in [5.41, 5.74) is 0.897. The van der Waals surface area contributed by atoms with Gasteiger partial charge in [-0.15, -0.1) is 0 Å². The molecule has 1 atom stereocenters. The molecular formula is C15H19BrN2O3. The fourth-order valence-corrected chi connectivity index (χ4v) is 3.09. The van der Waals surface area contributed by atoms with E-state index in [0.717, 1.165) is 36.0 Å². The van der Waals surface area contributed by atoms with Gasteiger partial charge in [0.05, 0.1) is 0 Å². The topological polar surface area (TPSA) is 60.9 Å². The zero-order valence-corrected chi connectivity index (χ0v) is 13.5. The van der Waals surface area contributed by atoms with Gasteiger partial charge < -0.3 is 10.0 Å². The van der Waals surface area contributed by atoms with Crippen LogP contribution in [0.1, 0.15) is 24.4 Å². The molecule has 0 saturated carbocycles. The first-order valence-corrected chi connectivity index (χ1v) is 7.74. The molecule has 0 aromatic heterocycles. The van der Waals surface area contributed by atoms with Crippen molar-refractivity contribution in [3.05, 3.63) is 34.3 Å². The molecule has 0 radical (unpaired) electrons. The third-order valence-corrected chi connectivity index (χ3v) is 4.15. The number of likely N-dealkylation sites (N-methyl/N-ethyl adjacent to an activating group) is 1. The maximum Gasteiger partial charge on any atom is 0.323 e. The minimum absolute atomic E-state index is 0.169. The van der Waals surface area contributed by atoms with E-state index in [4.69, 9.17) is 5.11 Å². The number of benzene rings is 1. The number of amides is 1. The molecule has 6 heteroatoms. The molecule has 0 bridgehead atoms. The van der Waals surface area contributed by atoms with Crippen molar-refractivity contribution in [2.24, 2.45) is 0 Å². The summed E-state index contributed by atoms with van der Waals surface area (Å²) in [4.78, 5) is 26.9. The van der Waals surface area contributed by atoms with Crippen LogP contribution in [0, 0.1) is 0 Å². The number of aliphatic carboxylic acids is 1. The van der Waals surface area contributed by atoms with Crippen LogP contribution in [0.4, 0.5) is 0 Å². The van der Waals surface area contributed by atoms with E-state index < -0.39 is 12.0 Å². The van der Waals surface area contributed by atoms with Crippen molar-refractivity contribution in [2.75, 3.05) is 26.7 Å². The van der Waals surface area contributed by atoms with E-state index in [1.165, 1.54) is 11.9 Å². The van der Waals surface area contributed by atoms with Crippen LogP contribution < -0.4 is 0 Å². The SMILES string of the molecule is CN(CC(=O)O)C(=O)[C@H](c1cccc(Br)c1)N1CCCC1. The van der Waals surface area contributed by atoms with E-state index in [0.29, 0.717) is 0 Å². The van der Waals surface area contributed by atoms with E-state index in [-0.39, 0.29) is 12.5 Å². The molecule has 0 spiro atoms. The summed E-state index contributed by atoms with van der Waals surface area (Å²) in [7, 11) is 1.54. The van der Waals surface area contributed by atoms with Crippen LogP contribution in [-0.2, 0) is 9.59 Å². The van der Waals surface area contributed by atoms with Crippen molar-refractivity contribution < 1.29 is 14.7 Å². The highest BCUT2D eigenvalue weighted by Gasteiger charge is 2.32. The lowest BCUT2D eigenvalue weighted by molar-refractivity contribution is -0.145. The van der Waals surface area contributed by atoms with E-state index in [1.54, 1.807) is 0 Å². The number of likely N-dealkylation sites (tertiary alicyclic amines) is 1. The molecule has 0 aliphatic carbocycles.